The molecule has 0 amide bonds. The summed E-state index contributed by atoms with van der Waals surface area (Å²) in [5, 5.41) is 27.7. The Morgan fingerprint density at radius 1 is 0.950 bits per heavy atom. The van der Waals surface area contributed by atoms with Crippen LogP contribution in [0.2, 0.25) is 0 Å². The lowest BCUT2D eigenvalue weighted by Gasteiger charge is -2.22. The first-order valence-electron chi connectivity index (χ1n) is 4.80. The van der Waals surface area contributed by atoms with Crippen molar-refractivity contribution >= 4 is 21.4 Å². The van der Waals surface area contributed by atoms with Crippen LogP contribution >= 0.6 is 15.6 Å². The van der Waals surface area contributed by atoms with Crippen molar-refractivity contribution in [1.82, 2.24) is 0 Å². The molecule has 12 nitrogen and oxygen atoms in total. The molecule has 14 heteroatoms. The third-order valence-corrected chi connectivity index (χ3v) is 2.79. The van der Waals surface area contributed by atoms with Gasteiger partial charge in [-0.3, -0.25) is 13.8 Å². The van der Waals surface area contributed by atoms with Crippen LogP contribution in [0.1, 0.15) is 0 Å². The van der Waals surface area contributed by atoms with Crippen molar-refractivity contribution in [3.8, 4) is 0 Å². The van der Waals surface area contributed by atoms with Gasteiger partial charge >= 0.3 is 15.6 Å². The van der Waals surface area contributed by atoms with E-state index in [1.54, 1.807) is 0 Å². The van der Waals surface area contributed by atoms with Crippen LogP contribution in [-0.2, 0) is 23.0 Å². The third kappa shape index (κ3) is 8.84. The molecule has 0 saturated carbocycles. The Morgan fingerprint density at radius 3 is 1.80 bits per heavy atom. The second kappa shape index (κ2) is 7.69. The van der Waals surface area contributed by atoms with Crippen molar-refractivity contribution < 1.29 is 57.9 Å². The minimum absolute atomic E-state index is 1.09. The molecule has 0 bridgehead atoms. The predicted octanol–water partition coefficient (Wildman–Crippen LogP) is -3.14. The Bertz CT molecular complexity index is 410. The molecular weight excluding hydrogens is 326 g/mol. The van der Waals surface area contributed by atoms with Gasteiger partial charge < -0.3 is 34.9 Å². The Kier molecular flexibility index (Phi) is 7.60. The lowest BCUT2D eigenvalue weighted by molar-refractivity contribution is -0.142. The number of Topliss-reactive ketones (excluding diaryl/α,β-unsaturated/α-hetero) is 1. The zero-order chi connectivity index (χ0) is 16.1. The lowest BCUT2D eigenvalue weighted by atomic mass is 10.1. The van der Waals surface area contributed by atoms with Crippen LogP contribution < -0.4 is 0 Å². The molecule has 0 unspecified atom stereocenters. The van der Waals surface area contributed by atoms with Gasteiger partial charge in [-0.05, 0) is 0 Å². The topological polar surface area (TPSA) is 211 Å². The van der Waals surface area contributed by atoms with Gasteiger partial charge in [-0.1, -0.05) is 0 Å². The molecule has 0 saturated heterocycles. The molecule has 0 aliphatic heterocycles. The van der Waals surface area contributed by atoms with Crippen molar-refractivity contribution in [2.24, 2.45) is 0 Å². The van der Waals surface area contributed by atoms with Crippen LogP contribution in [0.5, 0.6) is 0 Å². The molecule has 7 N–H and O–H groups in total. The standard InChI is InChI=1S/C6H14O12P2/c7-3(1-17-19(11,12)13)5(9)6(10)4(8)2-18-20(14,15)16/h3,5-7,9-10H,1-2H2,(H2,11,12,13)(H2,14,15,16)/t3-,5+,6+/m1/s1. The Labute approximate surface area is 112 Å². The average molecular weight is 340 g/mol. The van der Waals surface area contributed by atoms with Gasteiger partial charge in [-0.25, -0.2) is 9.13 Å². The van der Waals surface area contributed by atoms with Gasteiger partial charge in [0.05, 0.1) is 6.61 Å². The normalized spacial score (nSPS) is 17.6. The van der Waals surface area contributed by atoms with E-state index in [0.717, 1.165) is 0 Å². The number of aliphatic hydroxyl groups excluding tert-OH is 3. The van der Waals surface area contributed by atoms with Crippen LogP contribution in [0, 0.1) is 0 Å². The molecule has 120 valence electrons. The highest BCUT2D eigenvalue weighted by Gasteiger charge is 2.32. The molecule has 3 atom stereocenters. The summed E-state index contributed by atoms with van der Waals surface area (Å²) in [5.74, 6) is -1.36. The molecule has 0 heterocycles. The fourth-order valence-corrected chi connectivity index (χ4v) is 1.55. The number of phosphoric ester groups is 2. The van der Waals surface area contributed by atoms with E-state index in [2.05, 4.69) is 9.05 Å². The van der Waals surface area contributed by atoms with E-state index in [1.165, 1.54) is 0 Å². The lowest BCUT2D eigenvalue weighted by Crippen LogP contribution is -2.45. The summed E-state index contributed by atoms with van der Waals surface area (Å²) >= 11 is 0. The number of hydrogen-bond acceptors (Lipinski definition) is 8. The van der Waals surface area contributed by atoms with E-state index in [-0.39, 0.29) is 0 Å². The van der Waals surface area contributed by atoms with E-state index in [9.17, 15) is 29.2 Å². The van der Waals surface area contributed by atoms with Crippen LogP contribution in [0.4, 0.5) is 0 Å². The summed E-state index contributed by atoms with van der Waals surface area (Å²) in [6.45, 7) is -2.33. The van der Waals surface area contributed by atoms with Crippen molar-refractivity contribution in [2.45, 2.75) is 18.3 Å². The van der Waals surface area contributed by atoms with Gasteiger partial charge in [0, 0.05) is 0 Å². The molecule has 0 aromatic heterocycles. The Hall–Kier alpha value is -0.230. The van der Waals surface area contributed by atoms with E-state index < -0.39 is 53.0 Å². The molecule has 0 fully saturated rings. The number of ketones is 1. The minimum Gasteiger partial charge on any atom is -0.388 e. The fourth-order valence-electron chi connectivity index (χ4n) is 0.906. The molecule has 0 rings (SSSR count). The van der Waals surface area contributed by atoms with Gasteiger partial charge in [0.2, 0.25) is 0 Å². The van der Waals surface area contributed by atoms with Crippen molar-refractivity contribution in [3.05, 3.63) is 0 Å². The van der Waals surface area contributed by atoms with Gasteiger partial charge in [-0.2, -0.15) is 0 Å². The van der Waals surface area contributed by atoms with Crippen LogP contribution in [0.25, 0.3) is 0 Å². The van der Waals surface area contributed by atoms with E-state index in [0.29, 0.717) is 0 Å². The summed E-state index contributed by atoms with van der Waals surface area (Å²) in [5.41, 5.74) is 0. The Morgan fingerprint density at radius 2 is 1.40 bits per heavy atom. The maximum absolute atomic E-state index is 11.2. The zero-order valence-corrected chi connectivity index (χ0v) is 11.5. The second-order valence-electron chi connectivity index (χ2n) is 3.52. The van der Waals surface area contributed by atoms with E-state index in [1.807, 2.05) is 0 Å². The third-order valence-electron chi connectivity index (χ3n) is 1.84. The first kappa shape index (κ1) is 19.8. The van der Waals surface area contributed by atoms with Crippen molar-refractivity contribution in [3.63, 3.8) is 0 Å². The first-order chi connectivity index (χ1) is 8.83. The van der Waals surface area contributed by atoms with Crippen molar-refractivity contribution in [1.29, 1.82) is 0 Å². The van der Waals surface area contributed by atoms with Crippen molar-refractivity contribution in [2.75, 3.05) is 13.2 Å². The number of hydrogen-bond donors (Lipinski definition) is 7. The number of carbonyl (C=O) groups is 1. The predicted molar refractivity (Wildman–Crippen MR) is 59.0 cm³/mol. The molecule has 0 radical (unpaired) electrons. The van der Waals surface area contributed by atoms with Gasteiger partial charge in [0.1, 0.15) is 24.9 Å². The molecular formula is C6H14O12P2. The second-order valence-corrected chi connectivity index (χ2v) is 6.00. The van der Waals surface area contributed by atoms with Gasteiger partial charge in [0.15, 0.2) is 5.78 Å². The summed E-state index contributed by atoms with van der Waals surface area (Å²) in [6.07, 6.45) is -6.53. The zero-order valence-electron chi connectivity index (χ0n) is 9.71. The van der Waals surface area contributed by atoms with Gasteiger partial charge in [-0.15, -0.1) is 0 Å². The first-order valence-corrected chi connectivity index (χ1v) is 7.86. The van der Waals surface area contributed by atoms with E-state index >= 15 is 0 Å². The SMILES string of the molecule is O=C(COP(=O)(O)O)[C@H](O)[C@@H](O)[C@H](O)COP(=O)(O)O. The highest BCUT2D eigenvalue weighted by atomic mass is 31.2. The smallest absolute Gasteiger partial charge is 0.388 e. The summed E-state index contributed by atoms with van der Waals surface area (Å²) in [7, 11) is -9.87. The van der Waals surface area contributed by atoms with E-state index in [4.69, 9.17) is 19.6 Å². The van der Waals surface area contributed by atoms with Crippen LogP contribution in [0.3, 0.4) is 0 Å². The molecule has 0 aliphatic carbocycles. The minimum atomic E-state index is -4.95. The number of phosphoric acid groups is 2. The number of carbonyl (C=O) groups excluding carboxylic acids is 1. The largest absolute Gasteiger partial charge is 0.470 e. The summed E-state index contributed by atoms with van der Waals surface area (Å²) < 4.78 is 28.2. The average Bonchev–Trinajstić information content (AvgIpc) is 2.29. The molecule has 0 aromatic carbocycles. The maximum Gasteiger partial charge on any atom is 0.470 e. The maximum atomic E-state index is 11.2. The molecule has 0 spiro atoms. The highest BCUT2D eigenvalue weighted by Crippen LogP contribution is 2.36. The highest BCUT2D eigenvalue weighted by molar-refractivity contribution is 7.46. The Balaban J connectivity index is 4.38. The van der Waals surface area contributed by atoms with Crippen LogP contribution in [-0.4, -0.2) is 72.2 Å². The number of aliphatic hydroxyl groups is 3. The number of rotatable bonds is 9. The monoisotopic (exact) mass is 340 g/mol. The summed E-state index contributed by atoms with van der Waals surface area (Å²) in [4.78, 5) is 44.4. The van der Waals surface area contributed by atoms with Gasteiger partial charge in [0.25, 0.3) is 0 Å². The summed E-state index contributed by atoms with van der Waals surface area (Å²) in [6, 6.07) is 0. The van der Waals surface area contributed by atoms with Crippen LogP contribution in [0.15, 0.2) is 0 Å². The molecule has 0 aliphatic rings. The fraction of sp³-hybridized carbons (Fsp3) is 0.833. The quantitative estimate of drug-likeness (QED) is 0.207. The molecule has 0 aromatic rings. The molecule has 20 heavy (non-hydrogen) atoms.